The van der Waals surface area contributed by atoms with Crippen LogP contribution in [0.5, 0.6) is 11.5 Å². The quantitative estimate of drug-likeness (QED) is 0.406. The van der Waals surface area contributed by atoms with E-state index in [0.29, 0.717) is 27.3 Å². The third kappa shape index (κ3) is 4.76. The van der Waals surface area contributed by atoms with Crippen LogP contribution in [0.25, 0.3) is 0 Å². The summed E-state index contributed by atoms with van der Waals surface area (Å²) in [5.41, 5.74) is 2.38. The van der Waals surface area contributed by atoms with Gasteiger partial charge >= 0.3 is 0 Å². The minimum atomic E-state index is -0.308. The normalized spacial score (nSPS) is 15.9. The number of carbonyl (C=O) groups is 1. The van der Waals surface area contributed by atoms with Gasteiger partial charge in [-0.2, -0.15) is 0 Å². The third-order valence-electron chi connectivity index (χ3n) is 4.81. The topological polar surface area (TPSA) is 38.8 Å². The fraction of sp³-hybridized carbons (Fsp3) is 0.174. The summed E-state index contributed by atoms with van der Waals surface area (Å²) in [5.74, 6) is 0.905. The highest BCUT2D eigenvalue weighted by Gasteiger charge is 2.35. The first-order chi connectivity index (χ1) is 15.0. The molecule has 0 aliphatic carbocycles. The molecular formula is C23H18Cl2FNO3S. The lowest BCUT2D eigenvalue weighted by Gasteiger charge is -2.25. The predicted molar refractivity (Wildman–Crippen MR) is 123 cm³/mol. The second kappa shape index (κ2) is 9.39. The molecule has 4 rings (SSSR count). The van der Waals surface area contributed by atoms with E-state index in [1.54, 1.807) is 35.2 Å². The molecule has 1 atom stereocenters. The fourth-order valence-electron chi connectivity index (χ4n) is 3.31. The molecule has 0 saturated carbocycles. The summed E-state index contributed by atoms with van der Waals surface area (Å²) in [5, 5.41) is 0.714. The first-order valence-corrected chi connectivity index (χ1v) is 11.2. The van der Waals surface area contributed by atoms with Crippen LogP contribution in [0.3, 0.4) is 0 Å². The van der Waals surface area contributed by atoms with Gasteiger partial charge in [0, 0.05) is 10.7 Å². The summed E-state index contributed by atoms with van der Waals surface area (Å²) in [6.07, 6.45) is 0. The first-order valence-electron chi connectivity index (χ1n) is 9.40. The van der Waals surface area contributed by atoms with Crippen molar-refractivity contribution in [2.45, 2.75) is 12.0 Å². The Kier molecular flexibility index (Phi) is 6.60. The van der Waals surface area contributed by atoms with Gasteiger partial charge in [-0.15, -0.1) is 11.8 Å². The standard InChI is InChI=1S/C23H18Cl2FNO3S/c1-29-20-11-15(10-19(25)22(20)30-12-14-2-6-17(26)7-3-14)23-27(21(28)13-31-23)18-8-4-16(24)5-9-18/h2-11,23H,12-13H2,1H3/t23-/m1/s1. The van der Waals surface area contributed by atoms with Crippen LogP contribution in [0.2, 0.25) is 10.0 Å². The number of anilines is 1. The molecule has 0 unspecified atom stereocenters. The molecular weight excluding hydrogens is 460 g/mol. The van der Waals surface area contributed by atoms with Crippen molar-refractivity contribution in [2.24, 2.45) is 0 Å². The Morgan fingerprint density at radius 3 is 2.48 bits per heavy atom. The van der Waals surface area contributed by atoms with Gasteiger partial charge in [-0.3, -0.25) is 9.69 Å². The lowest BCUT2D eigenvalue weighted by atomic mass is 10.1. The van der Waals surface area contributed by atoms with Crippen LogP contribution < -0.4 is 14.4 Å². The second-order valence-corrected chi connectivity index (χ2v) is 8.76. The number of benzene rings is 3. The zero-order valence-corrected chi connectivity index (χ0v) is 18.8. The maximum absolute atomic E-state index is 13.1. The van der Waals surface area contributed by atoms with Crippen LogP contribution >= 0.6 is 35.0 Å². The van der Waals surface area contributed by atoms with Crippen LogP contribution in [-0.2, 0) is 11.4 Å². The van der Waals surface area contributed by atoms with Gasteiger partial charge < -0.3 is 9.47 Å². The molecule has 1 aliphatic heterocycles. The van der Waals surface area contributed by atoms with Gasteiger partial charge in [0.25, 0.3) is 0 Å². The summed E-state index contributed by atoms with van der Waals surface area (Å²) >= 11 is 14.0. The number of ether oxygens (including phenoxy) is 2. The monoisotopic (exact) mass is 477 g/mol. The van der Waals surface area contributed by atoms with Gasteiger partial charge in [-0.1, -0.05) is 35.3 Å². The number of halogens is 3. The Hall–Kier alpha value is -2.41. The van der Waals surface area contributed by atoms with Crippen molar-refractivity contribution in [2.75, 3.05) is 17.8 Å². The van der Waals surface area contributed by atoms with E-state index in [2.05, 4.69) is 0 Å². The van der Waals surface area contributed by atoms with Crippen molar-refractivity contribution in [1.82, 2.24) is 0 Å². The minimum absolute atomic E-state index is 0.00375. The summed E-state index contributed by atoms with van der Waals surface area (Å²) in [6, 6.07) is 16.8. The van der Waals surface area contributed by atoms with Crippen LogP contribution in [0, 0.1) is 5.82 Å². The van der Waals surface area contributed by atoms with Gasteiger partial charge in [-0.05, 0) is 59.7 Å². The number of hydrogen-bond donors (Lipinski definition) is 0. The molecule has 1 heterocycles. The molecule has 0 N–H and O–H groups in total. The predicted octanol–water partition coefficient (Wildman–Crippen LogP) is 6.50. The second-order valence-electron chi connectivity index (χ2n) is 6.85. The van der Waals surface area contributed by atoms with Crippen LogP contribution in [0.1, 0.15) is 16.5 Å². The number of rotatable bonds is 6. The maximum atomic E-state index is 13.1. The molecule has 160 valence electrons. The van der Waals surface area contributed by atoms with E-state index in [1.807, 2.05) is 18.2 Å². The molecule has 8 heteroatoms. The average molecular weight is 478 g/mol. The molecule has 1 amide bonds. The summed E-state index contributed by atoms with van der Waals surface area (Å²) in [6.45, 7) is 0.212. The van der Waals surface area contributed by atoms with E-state index < -0.39 is 0 Å². The number of hydrogen-bond acceptors (Lipinski definition) is 4. The molecule has 1 aliphatic rings. The molecule has 4 nitrogen and oxygen atoms in total. The fourth-order valence-corrected chi connectivity index (χ4v) is 4.87. The summed E-state index contributed by atoms with van der Waals surface area (Å²) in [7, 11) is 1.53. The van der Waals surface area contributed by atoms with E-state index in [4.69, 9.17) is 32.7 Å². The van der Waals surface area contributed by atoms with E-state index in [-0.39, 0.29) is 23.7 Å². The van der Waals surface area contributed by atoms with Crippen molar-refractivity contribution >= 4 is 46.6 Å². The lowest BCUT2D eigenvalue weighted by molar-refractivity contribution is -0.115. The van der Waals surface area contributed by atoms with E-state index >= 15 is 0 Å². The van der Waals surface area contributed by atoms with Gasteiger partial charge in [-0.25, -0.2) is 4.39 Å². The Bertz CT molecular complexity index is 1090. The van der Waals surface area contributed by atoms with E-state index in [0.717, 1.165) is 16.8 Å². The van der Waals surface area contributed by atoms with Gasteiger partial charge in [0.2, 0.25) is 5.91 Å². The summed E-state index contributed by atoms with van der Waals surface area (Å²) < 4.78 is 24.5. The van der Waals surface area contributed by atoms with Crippen LogP contribution in [0.15, 0.2) is 60.7 Å². The highest BCUT2D eigenvalue weighted by Crippen LogP contribution is 2.46. The van der Waals surface area contributed by atoms with Gasteiger partial charge in [0.05, 0.1) is 17.9 Å². The SMILES string of the molecule is COc1cc([C@H]2SCC(=O)N2c2ccc(Cl)cc2)cc(Cl)c1OCc1ccc(F)cc1. The van der Waals surface area contributed by atoms with E-state index in [1.165, 1.54) is 31.0 Å². The molecule has 0 spiro atoms. The summed E-state index contributed by atoms with van der Waals surface area (Å²) in [4.78, 5) is 14.3. The smallest absolute Gasteiger partial charge is 0.238 e. The number of carbonyl (C=O) groups excluding carboxylic acids is 1. The Balaban J connectivity index is 1.61. The highest BCUT2D eigenvalue weighted by molar-refractivity contribution is 8.00. The first kappa shape index (κ1) is 21.8. The molecule has 0 bridgehead atoms. The molecule has 0 aromatic heterocycles. The third-order valence-corrected chi connectivity index (χ3v) is 6.55. The average Bonchev–Trinajstić information content (AvgIpc) is 3.15. The Morgan fingerprint density at radius 1 is 1.10 bits per heavy atom. The molecule has 3 aromatic carbocycles. The Morgan fingerprint density at radius 2 is 1.81 bits per heavy atom. The molecule has 31 heavy (non-hydrogen) atoms. The van der Waals surface area contributed by atoms with Crippen molar-refractivity contribution < 1.29 is 18.7 Å². The molecule has 1 saturated heterocycles. The molecule has 3 aromatic rings. The van der Waals surface area contributed by atoms with Crippen molar-refractivity contribution in [3.8, 4) is 11.5 Å². The number of amides is 1. The number of thioether (sulfide) groups is 1. The molecule has 0 radical (unpaired) electrons. The van der Waals surface area contributed by atoms with Gasteiger partial charge in [0.1, 0.15) is 17.8 Å². The van der Waals surface area contributed by atoms with Crippen LogP contribution in [0.4, 0.5) is 10.1 Å². The Labute approximate surface area is 193 Å². The zero-order chi connectivity index (χ0) is 22.0. The van der Waals surface area contributed by atoms with Crippen molar-refractivity contribution in [3.05, 3.63) is 87.7 Å². The highest BCUT2D eigenvalue weighted by atomic mass is 35.5. The lowest BCUT2D eigenvalue weighted by Crippen LogP contribution is -2.27. The van der Waals surface area contributed by atoms with Crippen molar-refractivity contribution in [3.63, 3.8) is 0 Å². The van der Waals surface area contributed by atoms with E-state index in [9.17, 15) is 9.18 Å². The number of nitrogens with zero attached hydrogens (tertiary/aromatic N) is 1. The van der Waals surface area contributed by atoms with Crippen molar-refractivity contribution in [1.29, 1.82) is 0 Å². The maximum Gasteiger partial charge on any atom is 0.238 e. The minimum Gasteiger partial charge on any atom is -0.493 e. The molecule has 1 fully saturated rings. The van der Waals surface area contributed by atoms with Crippen LogP contribution in [-0.4, -0.2) is 18.8 Å². The zero-order valence-electron chi connectivity index (χ0n) is 16.5. The number of methoxy groups -OCH3 is 1. The van der Waals surface area contributed by atoms with Gasteiger partial charge in [0.15, 0.2) is 11.5 Å². The largest absolute Gasteiger partial charge is 0.493 e.